The molecule has 0 radical (unpaired) electrons. The molecule has 0 bridgehead atoms. The van der Waals surface area contributed by atoms with E-state index in [1.807, 2.05) is 12.1 Å². The zero-order valence-electron chi connectivity index (χ0n) is 10.6. The Labute approximate surface area is 98.6 Å². The Morgan fingerprint density at radius 3 is 2.75 bits per heavy atom. The molecule has 2 atom stereocenters. The van der Waals surface area contributed by atoms with Crippen LogP contribution in [-0.2, 0) is 6.42 Å². The second-order valence-corrected chi connectivity index (χ2v) is 4.51. The Balaban J connectivity index is 2.12. The molecule has 0 saturated heterocycles. The topological polar surface area (TPSA) is 37.2 Å². The highest BCUT2D eigenvalue weighted by Crippen LogP contribution is 2.04. The molecule has 2 N–H and O–H groups in total. The molecule has 1 rings (SSSR count). The van der Waals surface area contributed by atoms with E-state index in [0.717, 1.165) is 31.8 Å². The molecule has 0 aliphatic carbocycles. The van der Waals surface area contributed by atoms with Crippen LogP contribution in [-0.4, -0.2) is 25.7 Å². The first-order valence-corrected chi connectivity index (χ1v) is 6.18. The Morgan fingerprint density at radius 1 is 1.31 bits per heavy atom. The van der Waals surface area contributed by atoms with Gasteiger partial charge in [0, 0.05) is 12.5 Å². The van der Waals surface area contributed by atoms with Gasteiger partial charge in [-0.15, -0.1) is 0 Å². The number of nitrogens with one attached hydrogen (secondary N) is 2. The van der Waals surface area contributed by atoms with E-state index in [1.165, 1.54) is 0 Å². The standard InChI is InChI=1S/C13H24N2O/c1-4-14-9-11(2)10-15-12(3)8-13-6-5-7-16-13/h5-7,11-12,14-15H,4,8-10H2,1-3H3. The van der Waals surface area contributed by atoms with Crippen LogP contribution in [0, 0.1) is 5.92 Å². The highest BCUT2D eigenvalue weighted by atomic mass is 16.3. The van der Waals surface area contributed by atoms with Crippen molar-refractivity contribution >= 4 is 0 Å². The first kappa shape index (κ1) is 13.3. The highest BCUT2D eigenvalue weighted by Gasteiger charge is 2.07. The van der Waals surface area contributed by atoms with E-state index in [-0.39, 0.29) is 0 Å². The van der Waals surface area contributed by atoms with E-state index in [1.54, 1.807) is 6.26 Å². The molecular formula is C13H24N2O. The maximum absolute atomic E-state index is 5.32. The fraction of sp³-hybridized carbons (Fsp3) is 0.692. The minimum atomic E-state index is 0.468. The van der Waals surface area contributed by atoms with Crippen LogP contribution in [0.1, 0.15) is 26.5 Å². The summed E-state index contributed by atoms with van der Waals surface area (Å²) >= 11 is 0. The van der Waals surface area contributed by atoms with Gasteiger partial charge < -0.3 is 15.1 Å². The van der Waals surface area contributed by atoms with Crippen LogP contribution in [0.15, 0.2) is 22.8 Å². The van der Waals surface area contributed by atoms with Gasteiger partial charge in [0.25, 0.3) is 0 Å². The number of rotatable bonds is 8. The van der Waals surface area contributed by atoms with Crippen molar-refractivity contribution < 1.29 is 4.42 Å². The third kappa shape index (κ3) is 5.33. The van der Waals surface area contributed by atoms with Crippen molar-refractivity contribution in [2.45, 2.75) is 33.2 Å². The molecule has 16 heavy (non-hydrogen) atoms. The third-order valence-electron chi connectivity index (χ3n) is 2.65. The zero-order chi connectivity index (χ0) is 11.8. The van der Waals surface area contributed by atoms with Crippen LogP contribution in [0.4, 0.5) is 0 Å². The first-order chi connectivity index (χ1) is 7.72. The normalized spacial score (nSPS) is 14.9. The lowest BCUT2D eigenvalue weighted by atomic mass is 10.1. The molecule has 1 aromatic rings. The number of hydrogen-bond acceptors (Lipinski definition) is 3. The van der Waals surface area contributed by atoms with Crippen LogP contribution >= 0.6 is 0 Å². The van der Waals surface area contributed by atoms with E-state index in [0.29, 0.717) is 12.0 Å². The molecule has 0 saturated carbocycles. The molecule has 0 aliphatic rings. The lowest BCUT2D eigenvalue weighted by molar-refractivity contribution is 0.416. The van der Waals surface area contributed by atoms with Crippen LogP contribution in [0.5, 0.6) is 0 Å². The van der Waals surface area contributed by atoms with Gasteiger partial charge >= 0.3 is 0 Å². The molecule has 1 heterocycles. The summed E-state index contributed by atoms with van der Waals surface area (Å²) in [6, 6.07) is 4.44. The summed E-state index contributed by atoms with van der Waals surface area (Å²) in [5.74, 6) is 1.72. The molecule has 3 heteroatoms. The van der Waals surface area contributed by atoms with Gasteiger partial charge in [-0.2, -0.15) is 0 Å². The summed E-state index contributed by atoms with van der Waals surface area (Å²) in [5, 5.41) is 6.89. The smallest absolute Gasteiger partial charge is 0.105 e. The Morgan fingerprint density at radius 2 is 2.12 bits per heavy atom. The van der Waals surface area contributed by atoms with Crippen molar-refractivity contribution in [2.24, 2.45) is 5.92 Å². The fourth-order valence-electron chi connectivity index (χ4n) is 1.67. The van der Waals surface area contributed by atoms with Crippen molar-refractivity contribution in [3.63, 3.8) is 0 Å². The Kier molecular flexibility index (Phi) is 6.19. The largest absolute Gasteiger partial charge is 0.469 e. The van der Waals surface area contributed by atoms with Gasteiger partial charge in [0.1, 0.15) is 5.76 Å². The average Bonchev–Trinajstić information content (AvgIpc) is 2.76. The van der Waals surface area contributed by atoms with E-state index in [9.17, 15) is 0 Å². The van der Waals surface area contributed by atoms with Crippen molar-refractivity contribution in [1.82, 2.24) is 10.6 Å². The molecule has 0 aromatic carbocycles. The second-order valence-electron chi connectivity index (χ2n) is 4.51. The lowest BCUT2D eigenvalue weighted by Crippen LogP contribution is -2.35. The van der Waals surface area contributed by atoms with Crippen LogP contribution < -0.4 is 10.6 Å². The first-order valence-electron chi connectivity index (χ1n) is 6.18. The van der Waals surface area contributed by atoms with Crippen molar-refractivity contribution in [2.75, 3.05) is 19.6 Å². The van der Waals surface area contributed by atoms with E-state index < -0.39 is 0 Å². The molecular weight excluding hydrogens is 200 g/mol. The molecule has 92 valence electrons. The number of furan rings is 1. The van der Waals surface area contributed by atoms with Crippen LogP contribution in [0.25, 0.3) is 0 Å². The zero-order valence-corrected chi connectivity index (χ0v) is 10.6. The lowest BCUT2D eigenvalue weighted by Gasteiger charge is -2.17. The fourth-order valence-corrected chi connectivity index (χ4v) is 1.67. The van der Waals surface area contributed by atoms with Gasteiger partial charge in [-0.25, -0.2) is 0 Å². The van der Waals surface area contributed by atoms with Crippen LogP contribution in [0.3, 0.4) is 0 Å². The summed E-state index contributed by atoms with van der Waals surface area (Å²) in [7, 11) is 0. The molecule has 3 nitrogen and oxygen atoms in total. The van der Waals surface area contributed by atoms with Gasteiger partial charge in [-0.3, -0.25) is 0 Å². The summed E-state index contributed by atoms with van der Waals surface area (Å²) in [5.41, 5.74) is 0. The third-order valence-corrected chi connectivity index (χ3v) is 2.65. The minimum Gasteiger partial charge on any atom is -0.469 e. The van der Waals surface area contributed by atoms with Gasteiger partial charge in [0.2, 0.25) is 0 Å². The minimum absolute atomic E-state index is 0.468. The second kappa shape index (κ2) is 7.47. The predicted molar refractivity (Wildman–Crippen MR) is 67.6 cm³/mol. The number of hydrogen-bond donors (Lipinski definition) is 2. The molecule has 0 aliphatic heterocycles. The van der Waals surface area contributed by atoms with Crippen molar-refractivity contribution in [3.05, 3.63) is 24.2 Å². The Hall–Kier alpha value is -0.800. The van der Waals surface area contributed by atoms with E-state index >= 15 is 0 Å². The maximum atomic E-state index is 5.32. The maximum Gasteiger partial charge on any atom is 0.105 e. The molecule has 0 amide bonds. The van der Waals surface area contributed by atoms with Crippen LogP contribution in [0.2, 0.25) is 0 Å². The molecule has 0 fully saturated rings. The summed E-state index contributed by atoms with van der Waals surface area (Å²) < 4.78 is 5.32. The SMILES string of the molecule is CCNCC(C)CNC(C)Cc1ccco1. The van der Waals surface area contributed by atoms with Gasteiger partial charge in [0.05, 0.1) is 6.26 Å². The quantitative estimate of drug-likeness (QED) is 0.709. The monoisotopic (exact) mass is 224 g/mol. The highest BCUT2D eigenvalue weighted by molar-refractivity contribution is 4.99. The van der Waals surface area contributed by atoms with E-state index in [4.69, 9.17) is 4.42 Å². The van der Waals surface area contributed by atoms with Crippen molar-refractivity contribution in [1.29, 1.82) is 0 Å². The molecule has 2 unspecified atom stereocenters. The van der Waals surface area contributed by atoms with Gasteiger partial charge in [-0.1, -0.05) is 13.8 Å². The average molecular weight is 224 g/mol. The summed E-state index contributed by atoms with van der Waals surface area (Å²) in [4.78, 5) is 0. The molecule has 0 spiro atoms. The summed E-state index contributed by atoms with van der Waals surface area (Å²) in [6.07, 6.45) is 2.69. The van der Waals surface area contributed by atoms with Crippen molar-refractivity contribution in [3.8, 4) is 0 Å². The molecule has 1 aromatic heterocycles. The predicted octanol–water partition coefficient (Wildman–Crippen LogP) is 2.05. The van der Waals surface area contributed by atoms with Gasteiger partial charge in [-0.05, 0) is 44.6 Å². The summed E-state index contributed by atoms with van der Waals surface area (Å²) in [6.45, 7) is 9.77. The Bertz CT molecular complexity index is 259. The van der Waals surface area contributed by atoms with Gasteiger partial charge in [0.15, 0.2) is 0 Å². The van der Waals surface area contributed by atoms with E-state index in [2.05, 4.69) is 31.4 Å².